The van der Waals surface area contributed by atoms with Gasteiger partial charge in [-0.2, -0.15) is 0 Å². The normalized spacial score (nSPS) is 21.1. The van der Waals surface area contributed by atoms with Gasteiger partial charge in [-0.1, -0.05) is 0 Å². The lowest BCUT2D eigenvalue weighted by Crippen LogP contribution is -2.38. The largest absolute Gasteiger partial charge is 0.381 e. The third-order valence-electron chi connectivity index (χ3n) is 3.67. The predicted molar refractivity (Wildman–Crippen MR) is 84.8 cm³/mol. The molecule has 3 rings (SSSR count). The summed E-state index contributed by atoms with van der Waals surface area (Å²) in [7, 11) is 1.69. The number of nitrogens with zero attached hydrogens (tertiary/aromatic N) is 2. The minimum absolute atomic E-state index is 0.0430. The molecule has 0 aliphatic heterocycles. The van der Waals surface area contributed by atoms with Crippen LogP contribution in [0.25, 0.3) is 10.6 Å². The summed E-state index contributed by atoms with van der Waals surface area (Å²) in [6.45, 7) is 3.97. The van der Waals surface area contributed by atoms with Crippen molar-refractivity contribution in [1.29, 1.82) is 0 Å². The molecule has 2 heterocycles. The van der Waals surface area contributed by atoms with E-state index in [9.17, 15) is 4.79 Å². The lowest BCUT2D eigenvalue weighted by molar-refractivity contribution is -0.127. The van der Waals surface area contributed by atoms with Crippen LogP contribution in [0, 0.1) is 19.8 Å². The van der Waals surface area contributed by atoms with Crippen molar-refractivity contribution in [2.45, 2.75) is 32.8 Å². The third kappa shape index (κ3) is 3.00. The second-order valence-corrected chi connectivity index (χ2v) is 7.26. The number of nitrogens with one attached hydrogen (secondary N) is 1. The Morgan fingerprint density at radius 1 is 1.38 bits per heavy atom. The first kappa shape index (κ1) is 14.6. The molecule has 0 bridgehead atoms. The van der Waals surface area contributed by atoms with Gasteiger partial charge < -0.3 is 10.1 Å². The van der Waals surface area contributed by atoms with Gasteiger partial charge in [0.05, 0.1) is 27.4 Å². The van der Waals surface area contributed by atoms with Gasteiger partial charge >= 0.3 is 0 Å². The van der Waals surface area contributed by atoms with Crippen molar-refractivity contribution < 1.29 is 9.53 Å². The standard InChI is InChI=1S/C14H17N3O2S2/c1-7-12(21-8(2)15-7)11-6-20-14(16-11)17-13(18)9-4-10(5-9)19-3/h6,9-10H,4-5H2,1-3H3,(H,16,17,18)/t9-,10+. The monoisotopic (exact) mass is 323 g/mol. The molecule has 1 saturated carbocycles. The Labute approximate surface area is 131 Å². The van der Waals surface area contributed by atoms with Crippen LogP contribution in [-0.4, -0.2) is 29.1 Å². The average Bonchev–Trinajstić information content (AvgIpc) is 2.94. The van der Waals surface area contributed by atoms with Gasteiger partial charge in [0.25, 0.3) is 0 Å². The second-order valence-electron chi connectivity index (χ2n) is 5.20. The zero-order valence-corrected chi connectivity index (χ0v) is 13.8. The highest BCUT2D eigenvalue weighted by Gasteiger charge is 2.34. The van der Waals surface area contributed by atoms with Crippen molar-refractivity contribution in [3.63, 3.8) is 0 Å². The average molecular weight is 323 g/mol. The fourth-order valence-corrected chi connectivity index (χ4v) is 4.04. The van der Waals surface area contributed by atoms with Crippen molar-refractivity contribution >= 4 is 33.7 Å². The number of thiazole rings is 2. The van der Waals surface area contributed by atoms with Crippen LogP contribution in [0.4, 0.5) is 5.13 Å². The molecule has 1 amide bonds. The number of anilines is 1. The van der Waals surface area contributed by atoms with Crippen LogP contribution in [0.1, 0.15) is 23.5 Å². The number of hydrogen-bond acceptors (Lipinski definition) is 6. The van der Waals surface area contributed by atoms with Crippen LogP contribution in [0.15, 0.2) is 5.38 Å². The van der Waals surface area contributed by atoms with E-state index in [2.05, 4.69) is 15.3 Å². The van der Waals surface area contributed by atoms with Crippen LogP contribution in [-0.2, 0) is 9.53 Å². The zero-order chi connectivity index (χ0) is 15.0. The molecule has 0 saturated heterocycles. The summed E-state index contributed by atoms with van der Waals surface area (Å²) in [5.74, 6) is 0.0936. The molecule has 1 N–H and O–H groups in total. The van der Waals surface area contributed by atoms with Gasteiger partial charge in [-0.25, -0.2) is 9.97 Å². The highest BCUT2D eigenvalue weighted by molar-refractivity contribution is 7.16. The van der Waals surface area contributed by atoms with E-state index in [0.717, 1.165) is 34.1 Å². The molecular formula is C14H17N3O2S2. The molecule has 0 spiro atoms. The van der Waals surface area contributed by atoms with Crippen molar-refractivity contribution in [3.05, 3.63) is 16.1 Å². The van der Waals surface area contributed by atoms with Crippen LogP contribution in [0.2, 0.25) is 0 Å². The molecule has 1 aliphatic rings. The summed E-state index contributed by atoms with van der Waals surface area (Å²) in [5.41, 5.74) is 1.88. The summed E-state index contributed by atoms with van der Waals surface area (Å²) in [4.78, 5) is 22.0. The summed E-state index contributed by atoms with van der Waals surface area (Å²) in [6, 6.07) is 0. The van der Waals surface area contributed by atoms with E-state index >= 15 is 0 Å². The number of methoxy groups -OCH3 is 1. The fraction of sp³-hybridized carbons (Fsp3) is 0.500. The number of carbonyl (C=O) groups is 1. The number of hydrogen-bond donors (Lipinski definition) is 1. The van der Waals surface area contributed by atoms with Crippen molar-refractivity contribution in [2.24, 2.45) is 5.92 Å². The Hall–Kier alpha value is -1.31. The second kappa shape index (κ2) is 5.82. The van der Waals surface area contributed by atoms with Gasteiger partial charge in [0.1, 0.15) is 0 Å². The first-order valence-electron chi connectivity index (χ1n) is 6.80. The quantitative estimate of drug-likeness (QED) is 0.938. The third-order valence-corrected chi connectivity index (χ3v) is 5.52. The minimum Gasteiger partial charge on any atom is -0.381 e. The number of rotatable bonds is 4. The lowest BCUT2D eigenvalue weighted by atomic mass is 9.82. The van der Waals surface area contributed by atoms with E-state index in [0.29, 0.717) is 5.13 Å². The Bertz CT molecular complexity index is 659. The van der Waals surface area contributed by atoms with Crippen molar-refractivity contribution in [2.75, 3.05) is 12.4 Å². The van der Waals surface area contributed by atoms with E-state index in [1.807, 2.05) is 19.2 Å². The minimum atomic E-state index is 0.0430. The highest BCUT2D eigenvalue weighted by atomic mass is 32.1. The molecular weight excluding hydrogens is 306 g/mol. The highest BCUT2D eigenvalue weighted by Crippen LogP contribution is 2.34. The van der Waals surface area contributed by atoms with Gasteiger partial charge in [-0.15, -0.1) is 22.7 Å². The van der Waals surface area contributed by atoms with E-state index < -0.39 is 0 Å². The first-order valence-corrected chi connectivity index (χ1v) is 8.50. The smallest absolute Gasteiger partial charge is 0.229 e. The molecule has 0 aromatic carbocycles. The van der Waals surface area contributed by atoms with Crippen molar-refractivity contribution in [3.8, 4) is 10.6 Å². The van der Waals surface area contributed by atoms with Crippen LogP contribution in [0.3, 0.4) is 0 Å². The molecule has 1 aliphatic carbocycles. The Morgan fingerprint density at radius 3 is 2.76 bits per heavy atom. The maximum absolute atomic E-state index is 12.1. The van der Waals surface area contributed by atoms with Crippen molar-refractivity contribution in [1.82, 2.24) is 9.97 Å². The van der Waals surface area contributed by atoms with E-state index in [1.165, 1.54) is 11.3 Å². The molecule has 0 atom stereocenters. The summed E-state index contributed by atoms with van der Waals surface area (Å²) in [6.07, 6.45) is 1.83. The molecule has 112 valence electrons. The molecule has 0 unspecified atom stereocenters. The zero-order valence-electron chi connectivity index (χ0n) is 12.2. The van der Waals surface area contributed by atoms with E-state index in [1.54, 1.807) is 18.4 Å². The van der Waals surface area contributed by atoms with Crippen LogP contribution < -0.4 is 5.32 Å². The fourth-order valence-electron chi connectivity index (χ4n) is 2.38. The molecule has 2 aromatic heterocycles. The summed E-state index contributed by atoms with van der Waals surface area (Å²) >= 11 is 3.08. The van der Waals surface area contributed by atoms with Crippen LogP contribution in [0.5, 0.6) is 0 Å². The van der Waals surface area contributed by atoms with Gasteiger partial charge in [0.2, 0.25) is 5.91 Å². The van der Waals surface area contributed by atoms with Gasteiger partial charge in [-0.3, -0.25) is 4.79 Å². The SMILES string of the molecule is CO[C@H]1C[C@@H](C(=O)Nc2nc(-c3sc(C)nc3C)cs2)C1. The van der Waals surface area contributed by atoms with E-state index in [4.69, 9.17) is 4.74 Å². The summed E-state index contributed by atoms with van der Waals surface area (Å²) < 4.78 is 5.20. The molecule has 7 heteroatoms. The Morgan fingerprint density at radius 2 is 2.14 bits per heavy atom. The van der Waals surface area contributed by atoms with E-state index in [-0.39, 0.29) is 17.9 Å². The number of aromatic nitrogens is 2. The molecule has 1 fully saturated rings. The first-order chi connectivity index (χ1) is 10.1. The number of aryl methyl sites for hydroxylation is 2. The maximum atomic E-state index is 12.1. The number of ether oxygens (including phenoxy) is 1. The molecule has 5 nitrogen and oxygen atoms in total. The molecule has 21 heavy (non-hydrogen) atoms. The van der Waals surface area contributed by atoms with Gasteiger partial charge in [0, 0.05) is 18.4 Å². The molecule has 0 radical (unpaired) electrons. The Balaban J connectivity index is 1.66. The van der Waals surface area contributed by atoms with Gasteiger partial charge in [0.15, 0.2) is 5.13 Å². The lowest BCUT2D eigenvalue weighted by Gasteiger charge is -2.32. The number of carbonyl (C=O) groups excluding carboxylic acids is 1. The van der Waals surface area contributed by atoms with Crippen LogP contribution >= 0.6 is 22.7 Å². The summed E-state index contributed by atoms with van der Waals surface area (Å²) in [5, 5.41) is 6.55. The molecule has 2 aromatic rings. The predicted octanol–water partition coefficient (Wildman–Crippen LogP) is 3.25. The number of amides is 1. The Kier molecular flexibility index (Phi) is 4.05. The maximum Gasteiger partial charge on any atom is 0.229 e. The van der Waals surface area contributed by atoms with Gasteiger partial charge in [-0.05, 0) is 26.7 Å². The topological polar surface area (TPSA) is 64.1 Å².